The minimum atomic E-state index is 0.0171. The summed E-state index contributed by atoms with van der Waals surface area (Å²) in [6.07, 6.45) is 1.08. The molecule has 1 aromatic carbocycles. The van der Waals surface area contributed by atoms with Crippen LogP contribution in [0.15, 0.2) is 18.2 Å². The van der Waals surface area contributed by atoms with Gasteiger partial charge >= 0.3 is 6.03 Å². The predicted molar refractivity (Wildman–Crippen MR) is 101 cm³/mol. The van der Waals surface area contributed by atoms with Crippen molar-refractivity contribution in [3.8, 4) is 0 Å². The Morgan fingerprint density at radius 3 is 2.76 bits per heavy atom. The fraction of sp³-hybridized carbons (Fsp3) is 0.632. The highest BCUT2D eigenvalue weighted by molar-refractivity contribution is 5.91. The lowest BCUT2D eigenvalue weighted by molar-refractivity contribution is 0.0314. The molecule has 1 aromatic rings. The molecule has 3 rings (SSSR count). The number of nitrogens with zero attached hydrogens (tertiary/aromatic N) is 3. The Morgan fingerprint density at radius 1 is 1.28 bits per heavy atom. The molecule has 0 radical (unpaired) electrons. The van der Waals surface area contributed by atoms with E-state index in [1.165, 1.54) is 0 Å². The van der Waals surface area contributed by atoms with Crippen LogP contribution < -0.4 is 10.2 Å². The van der Waals surface area contributed by atoms with E-state index in [2.05, 4.69) is 28.1 Å². The smallest absolute Gasteiger partial charge is 0.321 e. The maximum absolute atomic E-state index is 12.7. The molecule has 2 saturated heterocycles. The van der Waals surface area contributed by atoms with E-state index in [1.54, 1.807) is 0 Å². The lowest BCUT2D eigenvalue weighted by Crippen LogP contribution is -2.40. The van der Waals surface area contributed by atoms with Crippen molar-refractivity contribution in [2.24, 2.45) is 5.92 Å². The molecule has 2 heterocycles. The molecule has 2 amide bonds. The molecule has 2 aliphatic rings. The molecule has 2 fully saturated rings. The van der Waals surface area contributed by atoms with Crippen molar-refractivity contribution in [1.82, 2.24) is 9.80 Å². The quantitative estimate of drug-likeness (QED) is 0.908. The molecule has 1 atom stereocenters. The molecule has 0 bridgehead atoms. The summed E-state index contributed by atoms with van der Waals surface area (Å²) in [7, 11) is 4.04. The van der Waals surface area contributed by atoms with E-state index in [-0.39, 0.29) is 6.03 Å². The molecular formula is C19H30N4O2. The number of hydrogen-bond donors (Lipinski definition) is 1. The molecule has 6 nitrogen and oxygen atoms in total. The van der Waals surface area contributed by atoms with Crippen molar-refractivity contribution in [1.29, 1.82) is 0 Å². The first-order valence-electron chi connectivity index (χ1n) is 9.17. The molecular weight excluding hydrogens is 316 g/mol. The van der Waals surface area contributed by atoms with Crippen molar-refractivity contribution in [2.75, 3.05) is 70.2 Å². The first kappa shape index (κ1) is 18.0. The van der Waals surface area contributed by atoms with Crippen LogP contribution in [-0.2, 0) is 4.74 Å². The molecule has 138 valence electrons. The summed E-state index contributed by atoms with van der Waals surface area (Å²) in [4.78, 5) is 19.1. The van der Waals surface area contributed by atoms with Crippen LogP contribution in [0.3, 0.4) is 0 Å². The van der Waals surface area contributed by atoms with Crippen LogP contribution in [0.2, 0.25) is 0 Å². The average Bonchev–Trinajstić information content (AvgIpc) is 3.06. The largest absolute Gasteiger partial charge is 0.379 e. The lowest BCUT2D eigenvalue weighted by atomic mass is 10.1. The van der Waals surface area contributed by atoms with Crippen LogP contribution >= 0.6 is 0 Å². The van der Waals surface area contributed by atoms with Gasteiger partial charge in [0.05, 0.1) is 13.2 Å². The summed E-state index contributed by atoms with van der Waals surface area (Å²) in [6.45, 7) is 8.50. The SMILES string of the molecule is Cc1c(NC(=O)N2CC[C@H](CN3CCOCC3)C2)cccc1N(C)C. The third kappa shape index (κ3) is 4.44. The molecule has 0 saturated carbocycles. The number of rotatable bonds is 4. The fourth-order valence-electron chi connectivity index (χ4n) is 3.75. The molecule has 0 aromatic heterocycles. The molecule has 0 unspecified atom stereocenters. The van der Waals surface area contributed by atoms with Gasteiger partial charge in [0.2, 0.25) is 0 Å². The van der Waals surface area contributed by atoms with E-state index in [4.69, 9.17) is 4.74 Å². The number of hydrogen-bond acceptors (Lipinski definition) is 4. The van der Waals surface area contributed by atoms with Crippen LogP contribution in [0.4, 0.5) is 16.2 Å². The highest BCUT2D eigenvalue weighted by Gasteiger charge is 2.28. The van der Waals surface area contributed by atoms with Gasteiger partial charge in [-0.1, -0.05) is 6.07 Å². The number of carbonyl (C=O) groups excluding carboxylic acids is 1. The summed E-state index contributed by atoms with van der Waals surface area (Å²) < 4.78 is 5.41. The molecule has 6 heteroatoms. The van der Waals surface area contributed by atoms with E-state index in [1.807, 2.05) is 31.1 Å². The van der Waals surface area contributed by atoms with Crippen molar-refractivity contribution in [3.63, 3.8) is 0 Å². The van der Waals surface area contributed by atoms with Gasteiger partial charge in [-0.3, -0.25) is 4.90 Å². The third-order valence-corrected chi connectivity index (χ3v) is 5.22. The Bertz CT molecular complexity index is 599. The number of likely N-dealkylation sites (tertiary alicyclic amines) is 1. The Hall–Kier alpha value is -1.79. The number of nitrogens with one attached hydrogen (secondary N) is 1. The Balaban J connectivity index is 1.55. The second kappa shape index (κ2) is 8.06. The van der Waals surface area contributed by atoms with E-state index in [0.717, 1.165) is 69.3 Å². The second-order valence-electron chi connectivity index (χ2n) is 7.29. The molecule has 25 heavy (non-hydrogen) atoms. The van der Waals surface area contributed by atoms with Crippen molar-refractivity contribution < 1.29 is 9.53 Å². The summed E-state index contributed by atoms with van der Waals surface area (Å²) >= 11 is 0. The first-order valence-corrected chi connectivity index (χ1v) is 9.17. The van der Waals surface area contributed by atoms with E-state index in [9.17, 15) is 4.79 Å². The Kier molecular flexibility index (Phi) is 5.81. The number of urea groups is 1. The fourth-order valence-corrected chi connectivity index (χ4v) is 3.75. The van der Waals surface area contributed by atoms with Crippen LogP contribution in [0.1, 0.15) is 12.0 Å². The lowest BCUT2D eigenvalue weighted by Gasteiger charge is -2.29. The van der Waals surface area contributed by atoms with E-state index in [0.29, 0.717) is 5.92 Å². The van der Waals surface area contributed by atoms with Crippen molar-refractivity contribution in [3.05, 3.63) is 23.8 Å². The summed E-state index contributed by atoms with van der Waals surface area (Å²) in [5.74, 6) is 0.568. The molecule has 1 N–H and O–H groups in total. The maximum atomic E-state index is 12.7. The number of anilines is 2. The summed E-state index contributed by atoms with van der Waals surface area (Å²) in [5.41, 5.74) is 3.13. The van der Waals surface area contributed by atoms with Gasteiger partial charge in [0.15, 0.2) is 0 Å². The van der Waals surface area contributed by atoms with Gasteiger partial charge in [-0.2, -0.15) is 0 Å². The first-order chi connectivity index (χ1) is 12.0. The number of morpholine rings is 1. The maximum Gasteiger partial charge on any atom is 0.321 e. The number of benzene rings is 1. The zero-order chi connectivity index (χ0) is 17.8. The Labute approximate surface area is 150 Å². The van der Waals surface area contributed by atoms with Gasteiger partial charge in [-0.05, 0) is 37.0 Å². The average molecular weight is 346 g/mol. The van der Waals surface area contributed by atoms with Gasteiger partial charge in [0.1, 0.15) is 0 Å². The monoisotopic (exact) mass is 346 g/mol. The highest BCUT2D eigenvalue weighted by atomic mass is 16.5. The summed E-state index contributed by atoms with van der Waals surface area (Å²) in [5, 5.41) is 3.10. The number of carbonyl (C=O) groups is 1. The Morgan fingerprint density at radius 2 is 2.04 bits per heavy atom. The topological polar surface area (TPSA) is 48.1 Å². The van der Waals surface area contributed by atoms with Gasteiger partial charge < -0.3 is 19.9 Å². The van der Waals surface area contributed by atoms with Crippen molar-refractivity contribution >= 4 is 17.4 Å². The minimum Gasteiger partial charge on any atom is -0.379 e. The van der Waals surface area contributed by atoms with Crippen LogP contribution in [-0.4, -0.2) is 75.9 Å². The number of amides is 2. The number of ether oxygens (including phenoxy) is 1. The molecule has 0 aliphatic carbocycles. The van der Waals surface area contributed by atoms with Gasteiger partial charge in [0.25, 0.3) is 0 Å². The van der Waals surface area contributed by atoms with Crippen LogP contribution in [0.5, 0.6) is 0 Å². The van der Waals surface area contributed by atoms with Crippen LogP contribution in [0, 0.1) is 12.8 Å². The standard InChI is InChI=1S/C19H30N4O2/c1-15-17(5-4-6-18(15)21(2)3)20-19(24)23-8-7-16(14-23)13-22-9-11-25-12-10-22/h4-6,16H,7-14H2,1-3H3,(H,20,24)/t16-/m1/s1. The molecule has 2 aliphatic heterocycles. The van der Waals surface area contributed by atoms with Gasteiger partial charge in [-0.15, -0.1) is 0 Å². The molecule has 0 spiro atoms. The van der Waals surface area contributed by atoms with Gasteiger partial charge in [-0.25, -0.2) is 4.79 Å². The second-order valence-corrected chi connectivity index (χ2v) is 7.29. The predicted octanol–water partition coefficient (Wildman–Crippen LogP) is 2.25. The summed E-state index contributed by atoms with van der Waals surface area (Å²) in [6, 6.07) is 6.05. The van der Waals surface area contributed by atoms with E-state index >= 15 is 0 Å². The van der Waals surface area contributed by atoms with Gasteiger partial charge in [0, 0.05) is 58.2 Å². The van der Waals surface area contributed by atoms with Crippen LogP contribution in [0.25, 0.3) is 0 Å². The normalized spacial score (nSPS) is 21.4. The minimum absolute atomic E-state index is 0.0171. The zero-order valence-electron chi connectivity index (χ0n) is 15.6. The zero-order valence-corrected chi connectivity index (χ0v) is 15.6. The van der Waals surface area contributed by atoms with E-state index < -0.39 is 0 Å². The van der Waals surface area contributed by atoms with Crippen molar-refractivity contribution in [2.45, 2.75) is 13.3 Å². The third-order valence-electron chi connectivity index (χ3n) is 5.22. The highest BCUT2D eigenvalue weighted by Crippen LogP contribution is 2.26.